The maximum absolute atomic E-state index is 12.1. The summed E-state index contributed by atoms with van der Waals surface area (Å²) in [5.74, 6) is 0.459. The lowest BCUT2D eigenvalue weighted by atomic mass is 10.2. The van der Waals surface area contributed by atoms with E-state index in [1.807, 2.05) is 48.5 Å². The van der Waals surface area contributed by atoms with Gasteiger partial charge in [-0.1, -0.05) is 18.2 Å². The van der Waals surface area contributed by atoms with Crippen molar-refractivity contribution in [2.75, 3.05) is 11.9 Å². The van der Waals surface area contributed by atoms with Gasteiger partial charge in [0.2, 0.25) is 0 Å². The third kappa shape index (κ3) is 4.54. The Bertz CT molecular complexity index is 804. The zero-order valence-electron chi connectivity index (χ0n) is 12.7. The van der Waals surface area contributed by atoms with Crippen LogP contribution in [0.4, 0.5) is 5.69 Å². The lowest BCUT2D eigenvalue weighted by Crippen LogP contribution is -2.21. The van der Waals surface area contributed by atoms with Crippen LogP contribution in [0.15, 0.2) is 61.2 Å². The van der Waals surface area contributed by atoms with Gasteiger partial charge in [-0.25, -0.2) is 9.67 Å². The van der Waals surface area contributed by atoms with Gasteiger partial charge in [-0.15, -0.1) is 0 Å². The van der Waals surface area contributed by atoms with Crippen LogP contribution in [0.25, 0.3) is 0 Å². The molecule has 0 aliphatic carbocycles. The normalized spacial score (nSPS) is 10.4. The lowest BCUT2D eigenvalue weighted by Gasteiger charge is -2.11. The number of para-hydroxylation sites is 1. The topological polar surface area (TPSA) is 69.0 Å². The molecule has 0 unspecified atom stereocenters. The predicted octanol–water partition coefficient (Wildman–Crippen LogP) is 2.95. The van der Waals surface area contributed by atoms with Gasteiger partial charge in [0.1, 0.15) is 18.4 Å². The molecule has 3 rings (SSSR count). The van der Waals surface area contributed by atoms with Crippen molar-refractivity contribution in [2.45, 2.75) is 6.54 Å². The van der Waals surface area contributed by atoms with Crippen LogP contribution in [-0.2, 0) is 11.3 Å². The van der Waals surface area contributed by atoms with Gasteiger partial charge < -0.3 is 10.1 Å². The molecule has 0 radical (unpaired) electrons. The fraction of sp³-hybridized carbons (Fsp3) is 0.118. The van der Waals surface area contributed by atoms with E-state index in [0.29, 0.717) is 12.3 Å². The van der Waals surface area contributed by atoms with Gasteiger partial charge in [0.05, 0.1) is 6.54 Å². The molecular formula is C17H15IN4O2. The maximum atomic E-state index is 12.1. The van der Waals surface area contributed by atoms with Crippen LogP contribution in [0.2, 0.25) is 0 Å². The van der Waals surface area contributed by atoms with Gasteiger partial charge in [0.15, 0.2) is 6.61 Å². The van der Waals surface area contributed by atoms with Crippen LogP contribution in [0, 0.1) is 3.57 Å². The molecule has 2 aromatic carbocycles. The molecule has 6 nitrogen and oxygen atoms in total. The number of anilines is 1. The molecule has 24 heavy (non-hydrogen) atoms. The highest BCUT2D eigenvalue weighted by Gasteiger charge is 2.08. The second-order valence-electron chi connectivity index (χ2n) is 5.04. The lowest BCUT2D eigenvalue weighted by molar-refractivity contribution is -0.118. The number of aromatic nitrogens is 3. The molecule has 1 amide bonds. The van der Waals surface area contributed by atoms with Crippen LogP contribution >= 0.6 is 22.6 Å². The Labute approximate surface area is 153 Å². The van der Waals surface area contributed by atoms with E-state index in [1.54, 1.807) is 11.0 Å². The number of hydrogen-bond acceptors (Lipinski definition) is 4. The Hall–Kier alpha value is -2.42. The van der Waals surface area contributed by atoms with Gasteiger partial charge in [-0.05, 0) is 58.5 Å². The smallest absolute Gasteiger partial charge is 0.262 e. The highest BCUT2D eigenvalue weighted by atomic mass is 127. The van der Waals surface area contributed by atoms with Crippen molar-refractivity contribution in [3.8, 4) is 5.75 Å². The zero-order chi connectivity index (χ0) is 16.8. The molecule has 1 heterocycles. The third-order valence-electron chi connectivity index (χ3n) is 3.27. The molecule has 0 atom stereocenters. The summed E-state index contributed by atoms with van der Waals surface area (Å²) in [6.45, 7) is 0.493. The largest absolute Gasteiger partial charge is 0.484 e. The first-order chi connectivity index (χ1) is 11.7. The van der Waals surface area contributed by atoms with Crippen molar-refractivity contribution in [3.63, 3.8) is 0 Å². The van der Waals surface area contributed by atoms with Crippen molar-refractivity contribution in [1.82, 2.24) is 14.8 Å². The van der Waals surface area contributed by atoms with Gasteiger partial charge in [0, 0.05) is 9.26 Å². The molecule has 0 saturated heterocycles. The van der Waals surface area contributed by atoms with Crippen molar-refractivity contribution < 1.29 is 9.53 Å². The van der Waals surface area contributed by atoms with Gasteiger partial charge in [0.25, 0.3) is 5.91 Å². The summed E-state index contributed by atoms with van der Waals surface area (Å²) in [5.41, 5.74) is 1.69. The highest BCUT2D eigenvalue weighted by molar-refractivity contribution is 14.1. The van der Waals surface area contributed by atoms with Crippen LogP contribution in [-0.4, -0.2) is 27.3 Å². The van der Waals surface area contributed by atoms with Gasteiger partial charge >= 0.3 is 0 Å². The Morgan fingerprint density at radius 1 is 1.17 bits per heavy atom. The van der Waals surface area contributed by atoms with Crippen LogP contribution in [0.3, 0.4) is 0 Å². The Morgan fingerprint density at radius 3 is 2.71 bits per heavy atom. The molecule has 0 aliphatic rings. The number of benzene rings is 2. The third-order valence-corrected chi connectivity index (χ3v) is 3.99. The van der Waals surface area contributed by atoms with E-state index in [2.05, 4.69) is 38.0 Å². The number of ether oxygens (including phenoxy) is 1. The monoisotopic (exact) mass is 434 g/mol. The summed E-state index contributed by atoms with van der Waals surface area (Å²) < 4.78 is 8.32. The van der Waals surface area contributed by atoms with E-state index in [1.165, 1.54) is 6.33 Å². The minimum atomic E-state index is -0.209. The Kier molecular flexibility index (Phi) is 5.42. The minimum absolute atomic E-state index is 0.0434. The van der Waals surface area contributed by atoms with Crippen molar-refractivity contribution >= 4 is 34.2 Å². The van der Waals surface area contributed by atoms with E-state index in [4.69, 9.17) is 4.74 Å². The van der Waals surface area contributed by atoms with E-state index in [9.17, 15) is 4.79 Å². The second-order valence-corrected chi connectivity index (χ2v) is 6.29. The quantitative estimate of drug-likeness (QED) is 0.606. The average molecular weight is 434 g/mol. The summed E-state index contributed by atoms with van der Waals surface area (Å²) in [6.07, 6.45) is 3.12. The number of nitrogens with one attached hydrogen (secondary N) is 1. The van der Waals surface area contributed by atoms with E-state index in [-0.39, 0.29) is 12.5 Å². The van der Waals surface area contributed by atoms with Gasteiger partial charge in [-0.2, -0.15) is 5.10 Å². The molecule has 0 aliphatic heterocycles. The van der Waals surface area contributed by atoms with Crippen LogP contribution in [0.1, 0.15) is 5.56 Å². The molecule has 3 aromatic rings. The van der Waals surface area contributed by atoms with E-state index >= 15 is 0 Å². The summed E-state index contributed by atoms with van der Waals surface area (Å²) in [5, 5.41) is 6.96. The molecule has 122 valence electrons. The van der Waals surface area contributed by atoms with E-state index < -0.39 is 0 Å². The molecule has 0 bridgehead atoms. The molecular weight excluding hydrogens is 419 g/mol. The fourth-order valence-corrected chi connectivity index (χ4v) is 2.49. The first kappa shape index (κ1) is 16.4. The second kappa shape index (κ2) is 7.91. The first-order valence-electron chi connectivity index (χ1n) is 7.29. The number of nitrogens with zero attached hydrogens (tertiary/aromatic N) is 3. The molecule has 1 N–H and O–H groups in total. The molecule has 0 fully saturated rings. The molecule has 7 heteroatoms. The Morgan fingerprint density at radius 2 is 1.96 bits per heavy atom. The van der Waals surface area contributed by atoms with Crippen LogP contribution in [0.5, 0.6) is 5.75 Å². The van der Waals surface area contributed by atoms with Crippen molar-refractivity contribution in [1.29, 1.82) is 0 Å². The maximum Gasteiger partial charge on any atom is 0.262 e. The highest BCUT2D eigenvalue weighted by Crippen LogP contribution is 2.17. The molecule has 0 spiro atoms. The number of carbonyl (C=O) groups excluding carboxylic acids is 1. The first-order valence-corrected chi connectivity index (χ1v) is 8.37. The number of hydrogen-bond donors (Lipinski definition) is 1. The number of carbonyl (C=O) groups is 1. The fourth-order valence-electron chi connectivity index (χ4n) is 2.14. The number of halogens is 1. The van der Waals surface area contributed by atoms with Crippen molar-refractivity contribution in [3.05, 3.63) is 70.3 Å². The summed E-state index contributed by atoms with van der Waals surface area (Å²) >= 11 is 2.22. The van der Waals surface area contributed by atoms with E-state index in [0.717, 1.165) is 14.8 Å². The van der Waals surface area contributed by atoms with Crippen LogP contribution < -0.4 is 10.1 Å². The summed E-state index contributed by atoms with van der Waals surface area (Å²) in [7, 11) is 0. The van der Waals surface area contributed by atoms with Gasteiger partial charge in [-0.3, -0.25) is 4.79 Å². The summed E-state index contributed by atoms with van der Waals surface area (Å²) in [6, 6.07) is 15.1. The van der Waals surface area contributed by atoms with Crippen molar-refractivity contribution in [2.24, 2.45) is 0 Å². The molecule has 0 saturated carbocycles. The minimum Gasteiger partial charge on any atom is -0.484 e. The Balaban J connectivity index is 1.60. The average Bonchev–Trinajstić information content (AvgIpc) is 3.09. The standard InChI is InChI=1S/C17H15IN4O2/c18-14-5-7-15(8-6-14)24-10-17(23)21-16-4-2-1-3-13(16)9-22-12-19-11-20-22/h1-8,11-12H,9-10H2,(H,21,23). The zero-order valence-corrected chi connectivity index (χ0v) is 14.9. The number of amides is 1. The SMILES string of the molecule is O=C(COc1ccc(I)cc1)Nc1ccccc1Cn1cncn1. The number of rotatable bonds is 6. The predicted molar refractivity (Wildman–Crippen MR) is 98.8 cm³/mol. The molecule has 1 aromatic heterocycles. The summed E-state index contributed by atoms with van der Waals surface area (Å²) in [4.78, 5) is 16.1.